The van der Waals surface area contributed by atoms with Crippen LogP contribution in [-0.2, 0) is 9.53 Å². The van der Waals surface area contributed by atoms with Crippen molar-refractivity contribution >= 4 is 11.9 Å². The Morgan fingerprint density at radius 2 is 1.69 bits per heavy atom. The number of ether oxygens (including phenoxy) is 2. The van der Waals surface area contributed by atoms with E-state index in [1.807, 2.05) is 6.07 Å². The first-order chi connectivity index (χ1) is 12.2. The molecule has 1 atom stereocenters. The van der Waals surface area contributed by atoms with E-state index in [-0.39, 0.29) is 5.56 Å². The van der Waals surface area contributed by atoms with Crippen LogP contribution in [0.4, 0.5) is 13.2 Å². The van der Waals surface area contributed by atoms with Crippen molar-refractivity contribution in [3.8, 4) is 11.5 Å². The molecule has 0 heterocycles. The van der Waals surface area contributed by atoms with Gasteiger partial charge in [0.15, 0.2) is 6.10 Å². The Morgan fingerprint density at radius 3 is 2.35 bits per heavy atom. The molecule has 0 bridgehead atoms. The largest absolute Gasteiger partial charge is 0.457 e. The lowest BCUT2D eigenvalue weighted by molar-refractivity contribution is -0.143. The molecular formula is C18H16F3NO4. The molecule has 0 aliphatic rings. The monoisotopic (exact) mass is 367 g/mol. The lowest BCUT2D eigenvalue weighted by Gasteiger charge is -2.15. The maximum absolute atomic E-state index is 12.1. The molecule has 1 N–H and O–H groups in total. The zero-order chi connectivity index (χ0) is 19.2. The SMILES string of the molecule is CC(OC(=O)c1cccc(Oc2ccccc2)c1)C(=O)NCC(F)(F)F. The van der Waals surface area contributed by atoms with Crippen LogP contribution in [0.25, 0.3) is 0 Å². The van der Waals surface area contributed by atoms with Crippen molar-refractivity contribution in [2.24, 2.45) is 0 Å². The molecular weight excluding hydrogens is 351 g/mol. The third-order valence-electron chi connectivity index (χ3n) is 3.16. The molecule has 0 spiro atoms. The highest BCUT2D eigenvalue weighted by molar-refractivity contribution is 5.92. The maximum atomic E-state index is 12.1. The van der Waals surface area contributed by atoms with Crippen molar-refractivity contribution in [2.75, 3.05) is 6.54 Å². The van der Waals surface area contributed by atoms with E-state index in [9.17, 15) is 22.8 Å². The van der Waals surface area contributed by atoms with E-state index in [4.69, 9.17) is 9.47 Å². The molecule has 0 fully saturated rings. The molecule has 26 heavy (non-hydrogen) atoms. The highest BCUT2D eigenvalue weighted by Gasteiger charge is 2.29. The molecule has 0 saturated carbocycles. The Hall–Kier alpha value is -3.03. The fourth-order valence-electron chi connectivity index (χ4n) is 1.92. The van der Waals surface area contributed by atoms with Gasteiger partial charge in [-0.2, -0.15) is 13.2 Å². The van der Waals surface area contributed by atoms with E-state index in [0.717, 1.165) is 0 Å². The van der Waals surface area contributed by atoms with E-state index in [2.05, 4.69) is 0 Å². The topological polar surface area (TPSA) is 64.6 Å². The number of hydrogen-bond acceptors (Lipinski definition) is 4. The van der Waals surface area contributed by atoms with Crippen LogP contribution < -0.4 is 10.1 Å². The third-order valence-corrected chi connectivity index (χ3v) is 3.16. The smallest absolute Gasteiger partial charge is 0.405 e. The van der Waals surface area contributed by atoms with Gasteiger partial charge in [0.25, 0.3) is 5.91 Å². The van der Waals surface area contributed by atoms with Gasteiger partial charge in [0.05, 0.1) is 5.56 Å². The van der Waals surface area contributed by atoms with Gasteiger partial charge in [0, 0.05) is 0 Å². The number of halogens is 3. The van der Waals surface area contributed by atoms with Gasteiger partial charge in [-0.1, -0.05) is 24.3 Å². The van der Waals surface area contributed by atoms with Crippen molar-refractivity contribution in [2.45, 2.75) is 19.2 Å². The summed E-state index contributed by atoms with van der Waals surface area (Å²) in [5, 5.41) is 1.66. The summed E-state index contributed by atoms with van der Waals surface area (Å²) in [7, 11) is 0. The van der Waals surface area contributed by atoms with Gasteiger partial charge in [-0.15, -0.1) is 0 Å². The Morgan fingerprint density at radius 1 is 1.04 bits per heavy atom. The lowest BCUT2D eigenvalue weighted by atomic mass is 10.2. The first-order valence-electron chi connectivity index (χ1n) is 7.63. The lowest BCUT2D eigenvalue weighted by Crippen LogP contribution is -2.40. The minimum absolute atomic E-state index is 0.105. The predicted octanol–water partition coefficient (Wildman–Crippen LogP) is 3.70. The van der Waals surface area contributed by atoms with E-state index in [1.165, 1.54) is 19.1 Å². The molecule has 8 heteroatoms. The zero-order valence-corrected chi connectivity index (χ0v) is 13.7. The van der Waals surface area contributed by atoms with Crippen molar-refractivity contribution in [3.63, 3.8) is 0 Å². The van der Waals surface area contributed by atoms with Crippen molar-refractivity contribution < 1.29 is 32.2 Å². The first-order valence-corrected chi connectivity index (χ1v) is 7.63. The molecule has 0 radical (unpaired) electrons. The number of amides is 1. The number of carbonyl (C=O) groups is 2. The van der Waals surface area contributed by atoms with E-state index in [0.29, 0.717) is 11.5 Å². The number of esters is 1. The molecule has 2 rings (SSSR count). The number of rotatable bonds is 6. The molecule has 138 valence electrons. The summed E-state index contributed by atoms with van der Waals surface area (Å²) in [4.78, 5) is 23.6. The normalized spacial score (nSPS) is 12.2. The molecule has 1 amide bonds. The summed E-state index contributed by atoms with van der Waals surface area (Å²) >= 11 is 0. The number of alkyl halides is 3. The van der Waals surface area contributed by atoms with Crippen LogP contribution in [0, 0.1) is 0 Å². The quantitative estimate of drug-likeness (QED) is 0.791. The number of benzene rings is 2. The van der Waals surface area contributed by atoms with Crippen LogP contribution in [0.5, 0.6) is 11.5 Å². The van der Waals surface area contributed by atoms with Gasteiger partial charge >= 0.3 is 12.1 Å². The average Bonchev–Trinajstić information content (AvgIpc) is 2.60. The van der Waals surface area contributed by atoms with Gasteiger partial charge < -0.3 is 14.8 Å². The van der Waals surface area contributed by atoms with Crippen LogP contribution in [0.2, 0.25) is 0 Å². The number of hydrogen-bond donors (Lipinski definition) is 1. The summed E-state index contributed by atoms with van der Waals surface area (Å²) < 4.78 is 46.8. The minimum Gasteiger partial charge on any atom is -0.457 e. The molecule has 5 nitrogen and oxygen atoms in total. The van der Waals surface area contributed by atoms with Gasteiger partial charge in [-0.25, -0.2) is 4.79 Å². The Balaban J connectivity index is 1.96. The van der Waals surface area contributed by atoms with Gasteiger partial charge in [0.1, 0.15) is 18.0 Å². The second kappa shape index (κ2) is 8.37. The Labute approximate surface area is 147 Å². The van der Waals surface area contributed by atoms with E-state index < -0.39 is 30.7 Å². The summed E-state index contributed by atoms with van der Waals surface area (Å²) in [6.07, 6.45) is -5.91. The second-order valence-corrected chi connectivity index (χ2v) is 5.32. The first kappa shape index (κ1) is 19.3. The van der Waals surface area contributed by atoms with Crippen LogP contribution in [-0.4, -0.2) is 30.7 Å². The second-order valence-electron chi connectivity index (χ2n) is 5.32. The molecule has 0 saturated heterocycles. The van der Waals surface area contributed by atoms with Gasteiger partial charge in [-0.05, 0) is 37.3 Å². The van der Waals surface area contributed by atoms with Gasteiger partial charge in [-0.3, -0.25) is 4.79 Å². The highest BCUT2D eigenvalue weighted by Crippen LogP contribution is 2.22. The van der Waals surface area contributed by atoms with Crippen molar-refractivity contribution in [1.29, 1.82) is 0 Å². The number of carbonyl (C=O) groups excluding carboxylic acids is 2. The summed E-state index contributed by atoms with van der Waals surface area (Å²) in [6.45, 7) is -0.304. The van der Waals surface area contributed by atoms with E-state index in [1.54, 1.807) is 41.7 Å². The predicted molar refractivity (Wildman–Crippen MR) is 86.9 cm³/mol. The minimum atomic E-state index is -4.54. The molecule has 2 aromatic carbocycles. The van der Waals surface area contributed by atoms with Crippen LogP contribution in [0.3, 0.4) is 0 Å². The number of para-hydroxylation sites is 1. The van der Waals surface area contributed by atoms with Crippen molar-refractivity contribution in [3.05, 3.63) is 60.2 Å². The van der Waals surface area contributed by atoms with Crippen molar-refractivity contribution in [1.82, 2.24) is 5.32 Å². The van der Waals surface area contributed by atoms with Crippen LogP contribution in [0.1, 0.15) is 17.3 Å². The number of nitrogens with one attached hydrogen (secondary N) is 1. The fourth-order valence-corrected chi connectivity index (χ4v) is 1.92. The maximum Gasteiger partial charge on any atom is 0.405 e. The Bertz CT molecular complexity index is 763. The van der Waals surface area contributed by atoms with Crippen LogP contribution in [0.15, 0.2) is 54.6 Å². The summed E-state index contributed by atoms with van der Waals surface area (Å²) in [5.74, 6) is -0.941. The summed E-state index contributed by atoms with van der Waals surface area (Å²) in [6, 6.07) is 14.9. The molecule has 2 aromatic rings. The Kier molecular flexibility index (Phi) is 6.21. The molecule has 0 aliphatic heterocycles. The average molecular weight is 367 g/mol. The fraction of sp³-hybridized carbons (Fsp3) is 0.222. The van der Waals surface area contributed by atoms with Crippen LogP contribution >= 0.6 is 0 Å². The highest BCUT2D eigenvalue weighted by atomic mass is 19.4. The third kappa shape index (κ3) is 6.12. The summed E-state index contributed by atoms with van der Waals surface area (Å²) in [5.41, 5.74) is 0.105. The molecule has 0 aliphatic carbocycles. The van der Waals surface area contributed by atoms with Gasteiger partial charge in [0.2, 0.25) is 0 Å². The standard InChI is InChI=1S/C18H16F3NO4/c1-12(16(23)22-11-18(19,20)21)25-17(24)13-6-5-9-15(10-13)26-14-7-3-2-4-8-14/h2-10,12H,11H2,1H3,(H,22,23). The molecule has 0 aromatic heterocycles. The molecule has 1 unspecified atom stereocenters. The van der Waals surface area contributed by atoms with E-state index >= 15 is 0 Å². The zero-order valence-electron chi connectivity index (χ0n) is 13.7.